The summed E-state index contributed by atoms with van der Waals surface area (Å²) in [5, 5.41) is 7.61. The van der Waals surface area contributed by atoms with E-state index in [1.807, 2.05) is 61.5 Å². The highest BCUT2D eigenvalue weighted by Gasteiger charge is 2.17. The van der Waals surface area contributed by atoms with Gasteiger partial charge in [-0.2, -0.15) is 0 Å². The number of amides is 2. The monoisotopic (exact) mass is 431 g/mol. The highest BCUT2D eigenvalue weighted by molar-refractivity contribution is 6.31. The molecule has 156 valence electrons. The molecule has 2 amide bonds. The lowest BCUT2D eigenvalue weighted by Gasteiger charge is -2.18. The molecule has 0 atom stereocenters. The maximum absolute atomic E-state index is 13.0. The summed E-state index contributed by atoms with van der Waals surface area (Å²) in [5.74, 6) is 0. The Labute approximate surface area is 185 Å². The van der Waals surface area contributed by atoms with Gasteiger partial charge in [-0.25, -0.2) is 4.79 Å². The van der Waals surface area contributed by atoms with E-state index < -0.39 is 0 Å². The van der Waals surface area contributed by atoms with E-state index in [1.54, 1.807) is 29.8 Å². The molecule has 4 rings (SSSR count). The number of anilines is 1. The standard InChI is InChI=1S/C25H22ClN3O2/c1-16-7-6-10-19(13-16)28-25(31)27-15-22-23(17-8-4-3-5-9-17)21-14-18(26)11-12-20(21)24(30)29(22)2/h3-14H,15H2,1-2H3,(H2,27,28,31). The van der Waals surface area contributed by atoms with Crippen molar-refractivity contribution in [2.45, 2.75) is 13.5 Å². The molecule has 0 radical (unpaired) electrons. The highest BCUT2D eigenvalue weighted by atomic mass is 35.5. The van der Waals surface area contributed by atoms with Crippen molar-refractivity contribution in [2.75, 3.05) is 5.32 Å². The first kappa shape index (κ1) is 20.7. The molecule has 4 aromatic rings. The number of pyridine rings is 1. The molecule has 0 unspecified atom stereocenters. The first-order valence-corrected chi connectivity index (χ1v) is 10.3. The lowest BCUT2D eigenvalue weighted by atomic mass is 9.96. The second-order valence-corrected chi connectivity index (χ2v) is 7.86. The van der Waals surface area contributed by atoms with Crippen LogP contribution in [0.4, 0.5) is 10.5 Å². The number of hydrogen-bond donors (Lipinski definition) is 2. The van der Waals surface area contributed by atoms with E-state index in [-0.39, 0.29) is 18.1 Å². The zero-order valence-electron chi connectivity index (χ0n) is 17.3. The molecule has 1 aromatic heterocycles. The molecule has 0 aliphatic heterocycles. The predicted octanol–water partition coefficient (Wildman–Crippen LogP) is 5.49. The lowest BCUT2D eigenvalue weighted by molar-refractivity contribution is 0.251. The predicted molar refractivity (Wildman–Crippen MR) is 127 cm³/mol. The maximum Gasteiger partial charge on any atom is 0.319 e. The fourth-order valence-electron chi connectivity index (χ4n) is 3.73. The summed E-state index contributed by atoms with van der Waals surface area (Å²) in [4.78, 5) is 25.5. The van der Waals surface area contributed by atoms with Gasteiger partial charge in [-0.1, -0.05) is 54.1 Å². The Bertz CT molecular complexity index is 1330. The Kier molecular flexibility index (Phi) is 5.78. The van der Waals surface area contributed by atoms with Crippen LogP contribution in [0.15, 0.2) is 77.6 Å². The van der Waals surface area contributed by atoms with Gasteiger partial charge in [0.2, 0.25) is 0 Å². The molecule has 0 aliphatic rings. The summed E-state index contributed by atoms with van der Waals surface area (Å²) in [7, 11) is 1.72. The normalized spacial score (nSPS) is 10.8. The van der Waals surface area contributed by atoms with Gasteiger partial charge in [-0.15, -0.1) is 0 Å². The van der Waals surface area contributed by atoms with Crippen LogP contribution in [0.25, 0.3) is 21.9 Å². The minimum Gasteiger partial charge on any atom is -0.332 e. The average Bonchev–Trinajstić information content (AvgIpc) is 2.75. The molecule has 0 saturated carbocycles. The van der Waals surface area contributed by atoms with Crippen molar-refractivity contribution in [3.8, 4) is 11.1 Å². The number of aromatic nitrogens is 1. The van der Waals surface area contributed by atoms with Crippen molar-refractivity contribution in [1.29, 1.82) is 0 Å². The maximum atomic E-state index is 13.0. The number of carbonyl (C=O) groups excluding carboxylic acids is 1. The second-order valence-electron chi connectivity index (χ2n) is 7.42. The molecule has 2 N–H and O–H groups in total. The Morgan fingerprint density at radius 1 is 0.968 bits per heavy atom. The number of benzene rings is 3. The number of fused-ring (bicyclic) bond motifs is 1. The van der Waals surface area contributed by atoms with Gasteiger partial charge in [-0.05, 0) is 53.8 Å². The van der Waals surface area contributed by atoms with Gasteiger partial charge in [0.25, 0.3) is 5.56 Å². The minimum absolute atomic E-state index is 0.137. The van der Waals surface area contributed by atoms with Crippen LogP contribution >= 0.6 is 11.6 Å². The molecule has 0 spiro atoms. The SMILES string of the molecule is Cc1cccc(NC(=O)NCc2c(-c3ccccc3)c3cc(Cl)ccc3c(=O)n2C)c1. The van der Waals surface area contributed by atoms with Gasteiger partial charge in [0.1, 0.15) is 0 Å². The van der Waals surface area contributed by atoms with Crippen LogP contribution < -0.4 is 16.2 Å². The molecule has 0 fully saturated rings. The van der Waals surface area contributed by atoms with Gasteiger partial charge in [-0.3, -0.25) is 4.79 Å². The van der Waals surface area contributed by atoms with Crippen LogP contribution in [-0.2, 0) is 13.6 Å². The van der Waals surface area contributed by atoms with E-state index in [9.17, 15) is 9.59 Å². The van der Waals surface area contributed by atoms with Crippen molar-refractivity contribution in [3.63, 3.8) is 0 Å². The van der Waals surface area contributed by atoms with Gasteiger partial charge in [0, 0.05) is 34.4 Å². The molecule has 1 heterocycles. The van der Waals surface area contributed by atoms with E-state index in [0.717, 1.165) is 22.1 Å². The number of hydrogen-bond acceptors (Lipinski definition) is 2. The zero-order valence-corrected chi connectivity index (χ0v) is 18.0. The Hall–Kier alpha value is -3.57. The summed E-state index contributed by atoms with van der Waals surface area (Å²) in [6.45, 7) is 2.14. The largest absolute Gasteiger partial charge is 0.332 e. The van der Waals surface area contributed by atoms with E-state index >= 15 is 0 Å². The summed E-state index contributed by atoms with van der Waals surface area (Å²) >= 11 is 6.26. The zero-order chi connectivity index (χ0) is 22.0. The molecular formula is C25H22ClN3O2. The smallest absolute Gasteiger partial charge is 0.319 e. The molecule has 0 aliphatic carbocycles. The van der Waals surface area contributed by atoms with Crippen molar-refractivity contribution in [1.82, 2.24) is 9.88 Å². The van der Waals surface area contributed by atoms with E-state index in [4.69, 9.17) is 11.6 Å². The topological polar surface area (TPSA) is 63.1 Å². The molecule has 5 nitrogen and oxygen atoms in total. The van der Waals surface area contributed by atoms with Gasteiger partial charge < -0.3 is 15.2 Å². The van der Waals surface area contributed by atoms with Crippen LogP contribution in [0.1, 0.15) is 11.3 Å². The second kappa shape index (κ2) is 8.66. The van der Waals surface area contributed by atoms with Crippen molar-refractivity contribution >= 4 is 34.1 Å². The number of aryl methyl sites for hydroxylation is 1. The quantitative estimate of drug-likeness (QED) is 0.448. The van der Waals surface area contributed by atoms with Crippen LogP contribution in [0.3, 0.4) is 0 Å². The van der Waals surface area contributed by atoms with Crippen LogP contribution in [-0.4, -0.2) is 10.6 Å². The fraction of sp³-hybridized carbons (Fsp3) is 0.120. The Balaban J connectivity index is 1.75. The Morgan fingerprint density at radius 2 is 1.74 bits per heavy atom. The van der Waals surface area contributed by atoms with Crippen LogP contribution in [0, 0.1) is 6.92 Å². The van der Waals surface area contributed by atoms with Crippen LogP contribution in [0.5, 0.6) is 0 Å². The molecule has 6 heteroatoms. The molecule has 0 saturated heterocycles. The summed E-state index contributed by atoms with van der Waals surface area (Å²) < 4.78 is 1.59. The molecule has 31 heavy (non-hydrogen) atoms. The fourth-order valence-corrected chi connectivity index (χ4v) is 3.90. The number of halogens is 1. The average molecular weight is 432 g/mol. The van der Waals surface area contributed by atoms with Gasteiger partial charge >= 0.3 is 6.03 Å². The van der Waals surface area contributed by atoms with Crippen molar-refractivity contribution < 1.29 is 4.79 Å². The summed E-state index contributed by atoms with van der Waals surface area (Å²) in [6.07, 6.45) is 0. The first-order valence-electron chi connectivity index (χ1n) is 9.92. The van der Waals surface area contributed by atoms with Crippen LogP contribution in [0.2, 0.25) is 5.02 Å². The Morgan fingerprint density at radius 3 is 2.48 bits per heavy atom. The van der Waals surface area contributed by atoms with Crippen molar-refractivity contribution in [2.24, 2.45) is 7.05 Å². The molecular weight excluding hydrogens is 410 g/mol. The first-order chi connectivity index (χ1) is 14.9. The summed E-state index contributed by atoms with van der Waals surface area (Å²) in [6, 6.07) is 22.3. The van der Waals surface area contributed by atoms with E-state index in [2.05, 4.69) is 10.6 Å². The third-order valence-electron chi connectivity index (χ3n) is 5.23. The number of nitrogens with zero attached hydrogens (tertiary/aromatic N) is 1. The van der Waals surface area contributed by atoms with Crippen molar-refractivity contribution in [3.05, 3.63) is 99.4 Å². The number of carbonyl (C=O) groups is 1. The molecule has 3 aromatic carbocycles. The minimum atomic E-state index is -0.344. The molecule has 0 bridgehead atoms. The third kappa shape index (κ3) is 4.32. The lowest BCUT2D eigenvalue weighted by Crippen LogP contribution is -2.32. The number of rotatable bonds is 4. The van der Waals surface area contributed by atoms with E-state index in [0.29, 0.717) is 21.8 Å². The van der Waals surface area contributed by atoms with E-state index in [1.165, 1.54) is 0 Å². The number of nitrogens with one attached hydrogen (secondary N) is 2. The summed E-state index contributed by atoms with van der Waals surface area (Å²) in [5.41, 5.74) is 4.14. The highest BCUT2D eigenvalue weighted by Crippen LogP contribution is 2.32. The van der Waals surface area contributed by atoms with Gasteiger partial charge in [0.15, 0.2) is 0 Å². The van der Waals surface area contributed by atoms with Gasteiger partial charge in [0.05, 0.1) is 6.54 Å². The number of urea groups is 1. The third-order valence-corrected chi connectivity index (χ3v) is 5.47.